The predicted octanol–water partition coefficient (Wildman–Crippen LogP) is 2.79. The number of anilines is 2. The second-order valence-electron chi connectivity index (χ2n) is 6.53. The molecule has 8 heteroatoms. The second-order valence-corrected chi connectivity index (χ2v) is 8.54. The van der Waals surface area contributed by atoms with Gasteiger partial charge in [-0.05, 0) is 61.7 Å². The predicted molar refractivity (Wildman–Crippen MR) is 103 cm³/mol. The van der Waals surface area contributed by atoms with Crippen molar-refractivity contribution in [3.63, 3.8) is 0 Å². The second kappa shape index (κ2) is 7.03. The molecule has 0 unspecified atom stereocenters. The van der Waals surface area contributed by atoms with E-state index in [1.54, 1.807) is 38.1 Å². The summed E-state index contributed by atoms with van der Waals surface area (Å²) in [6.07, 6.45) is 0.586. The van der Waals surface area contributed by atoms with Crippen LogP contribution in [0.25, 0.3) is 0 Å². The molecule has 142 valence electrons. The number of benzene rings is 2. The van der Waals surface area contributed by atoms with Crippen molar-refractivity contribution in [2.45, 2.75) is 20.3 Å². The highest BCUT2D eigenvalue weighted by Crippen LogP contribution is 2.27. The van der Waals surface area contributed by atoms with E-state index in [9.17, 15) is 18.0 Å². The van der Waals surface area contributed by atoms with Crippen molar-refractivity contribution in [3.8, 4) is 0 Å². The van der Waals surface area contributed by atoms with E-state index in [0.717, 1.165) is 5.56 Å². The standard InChI is InChI=1S/C19H20N2O5S/c1-12-4-5-14(19(23)24)11-17(12)20-18(22)16-7-6-15(10-13(16)2)21-8-3-9-27(21,25)26/h4-7,10-11H,3,8-9H2,1-2H3,(H,20,22)(H,23,24). The maximum absolute atomic E-state index is 12.6. The molecule has 7 nitrogen and oxygen atoms in total. The first-order valence-corrected chi connectivity index (χ1v) is 10.1. The van der Waals surface area contributed by atoms with Crippen LogP contribution in [-0.2, 0) is 10.0 Å². The van der Waals surface area contributed by atoms with E-state index >= 15 is 0 Å². The molecule has 0 bridgehead atoms. The summed E-state index contributed by atoms with van der Waals surface area (Å²) in [5.41, 5.74) is 2.83. The zero-order valence-corrected chi connectivity index (χ0v) is 15.8. The molecule has 27 heavy (non-hydrogen) atoms. The molecule has 1 heterocycles. The smallest absolute Gasteiger partial charge is 0.335 e. The number of rotatable bonds is 4. The lowest BCUT2D eigenvalue weighted by atomic mass is 10.1. The summed E-state index contributed by atoms with van der Waals surface area (Å²) >= 11 is 0. The zero-order valence-electron chi connectivity index (χ0n) is 15.0. The van der Waals surface area contributed by atoms with E-state index < -0.39 is 16.0 Å². The van der Waals surface area contributed by atoms with Gasteiger partial charge in [-0.2, -0.15) is 0 Å². The van der Waals surface area contributed by atoms with Gasteiger partial charge in [-0.25, -0.2) is 13.2 Å². The number of aromatic carboxylic acids is 1. The minimum absolute atomic E-state index is 0.0854. The third kappa shape index (κ3) is 3.80. The molecule has 1 aliphatic heterocycles. The fourth-order valence-corrected chi connectivity index (χ4v) is 4.62. The van der Waals surface area contributed by atoms with E-state index in [4.69, 9.17) is 5.11 Å². The van der Waals surface area contributed by atoms with Crippen LogP contribution in [0.2, 0.25) is 0 Å². The quantitative estimate of drug-likeness (QED) is 0.838. The zero-order chi connectivity index (χ0) is 19.8. The van der Waals surface area contributed by atoms with Crippen molar-refractivity contribution in [1.29, 1.82) is 0 Å². The number of sulfonamides is 1. The fourth-order valence-electron chi connectivity index (χ4n) is 3.07. The Labute approximate surface area is 157 Å². The first kappa shape index (κ1) is 18.9. The molecule has 3 rings (SSSR count). The molecule has 2 aromatic rings. The molecular formula is C19H20N2O5S. The van der Waals surface area contributed by atoms with Crippen LogP contribution < -0.4 is 9.62 Å². The summed E-state index contributed by atoms with van der Waals surface area (Å²) in [5, 5.41) is 11.8. The number of hydrogen-bond acceptors (Lipinski definition) is 4. The summed E-state index contributed by atoms with van der Waals surface area (Å²) in [5.74, 6) is -1.32. The van der Waals surface area contributed by atoms with Crippen LogP contribution in [0.1, 0.15) is 38.3 Å². The van der Waals surface area contributed by atoms with Crippen LogP contribution in [0.5, 0.6) is 0 Å². The number of nitrogens with zero attached hydrogens (tertiary/aromatic N) is 1. The SMILES string of the molecule is Cc1ccc(C(=O)O)cc1NC(=O)c1ccc(N2CCCS2(=O)=O)cc1C. The Hall–Kier alpha value is -2.87. The molecule has 0 saturated carbocycles. The number of amides is 1. The molecular weight excluding hydrogens is 368 g/mol. The van der Waals surface area contributed by atoms with Gasteiger partial charge in [-0.1, -0.05) is 6.07 Å². The highest BCUT2D eigenvalue weighted by molar-refractivity contribution is 7.93. The third-order valence-electron chi connectivity index (χ3n) is 4.57. The normalized spacial score (nSPS) is 15.6. The Morgan fingerprint density at radius 2 is 1.81 bits per heavy atom. The number of hydrogen-bond donors (Lipinski definition) is 2. The van der Waals surface area contributed by atoms with Gasteiger partial charge >= 0.3 is 5.97 Å². The lowest BCUT2D eigenvalue weighted by molar-refractivity contribution is 0.0696. The Bertz CT molecular complexity index is 1030. The van der Waals surface area contributed by atoms with E-state index in [1.165, 1.54) is 16.4 Å². The lowest BCUT2D eigenvalue weighted by Gasteiger charge is -2.18. The maximum Gasteiger partial charge on any atom is 0.335 e. The van der Waals surface area contributed by atoms with Gasteiger partial charge in [0.05, 0.1) is 17.0 Å². The average Bonchev–Trinajstić information content (AvgIpc) is 2.95. The van der Waals surface area contributed by atoms with E-state index in [-0.39, 0.29) is 17.2 Å². The Morgan fingerprint density at radius 3 is 2.41 bits per heavy atom. The third-order valence-corrected chi connectivity index (χ3v) is 6.44. The van der Waals surface area contributed by atoms with Crippen LogP contribution in [-0.4, -0.2) is 37.7 Å². The maximum atomic E-state index is 12.6. The van der Waals surface area contributed by atoms with Crippen LogP contribution in [0.15, 0.2) is 36.4 Å². The molecule has 1 saturated heterocycles. The van der Waals surface area contributed by atoms with E-state index in [2.05, 4.69) is 5.32 Å². The van der Waals surface area contributed by atoms with Crippen molar-refractivity contribution in [3.05, 3.63) is 58.7 Å². The number of aryl methyl sites for hydroxylation is 2. The van der Waals surface area contributed by atoms with Gasteiger partial charge in [-0.15, -0.1) is 0 Å². The highest BCUT2D eigenvalue weighted by Gasteiger charge is 2.28. The molecule has 1 amide bonds. The molecule has 0 spiro atoms. The fraction of sp³-hybridized carbons (Fsp3) is 0.263. The van der Waals surface area contributed by atoms with E-state index in [1.807, 2.05) is 0 Å². The Kier molecular flexibility index (Phi) is 4.93. The molecule has 1 aliphatic rings. The Morgan fingerprint density at radius 1 is 1.07 bits per heavy atom. The van der Waals surface area contributed by atoms with Crippen molar-refractivity contribution < 1.29 is 23.1 Å². The van der Waals surface area contributed by atoms with Crippen LogP contribution in [0.3, 0.4) is 0 Å². The number of carbonyl (C=O) groups excluding carboxylic acids is 1. The van der Waals surface area contributed by atoms with Crippen molar-refractivity contribution in [2.75, 3.05) is 21.9 Å². The molecule has 0 aliphatic carbocycles. The topological polar surface area (TPSA) is 104 Å². The minimum Gasteiger partial charge on any atom is -0.478 e. The minimum atomic E-state index is -3.28. The average molecular weight is 388 g/mol. The van der Waals surface area contributed by atoms with Crippen molar-refractivity contribution in [2.24, 2.45) is 0 Å². The van der Waals surface area contributed by atoms with Crippen LogP contribution in [0.4, 0.5) is 11.4 Å². The Balaban J connectivity index is 1.86. The highest BCUT2D eigenvalue weighted by atomic mass is 32.2. The monoisotopic (exact) mass is 388 g/mol. The van der Waals surface area contributed by atoms with Gasteiger partial charge in [0.2, 0.25) is 10.0 Å². The van der Waals surface area contributed by atoms with Gasteiger partial charge < -0.3 is 10.4 Å². The summed E-state index contributed by atoms with van der Waals surface area (Å²) in [4.78, 5) is 23.8. The summed E-state index contributed by atoms with van der Waals surface area (Å²) in [7, 11) is -3.28. The largest absolute Gasteiger partial charge is 0.478 e. The van der Waals surface area contributed by atoms with Crippen molar-refractivity contribution in [1.82, 2.24) is 0 Å². The van der Waals surface area contributed by atoms with Crippen LogP contribution >= 0.6 is 0 Å². The number of carboxylic acids is 1. The summed E-state index contributed by atoms with van der Waals surface area (Å²) in [6.45, 7) is 3.95. The molecule has 2 aromatic carbocycles. The van der Waals surface area contributed by atoms with Gasteiger partial charge in [0, 0.05) is 17.8 Å². The lowest BCUT2D eigenvalue weighted by Crippen LogP contribution is -2.25. The van der Waals surface area contributed by atoms with Gasteiger partial charge in [0.25, 0.3) is 5.91 Å². The van der Waals surface area contributed by atoms with Crippen molar-refractivity contribution >= 4 is 33.3 Å². The first-order chi connectivity index (χ1) is 12.7. The van der Waals surface area contributed by atoms with Gasteiger partial charge in [0.15, 0.2) is 0 Å². The van der Waals surface area contributed by atoms with E-state index in [0.29, 0.717) is 35.5 Å². The number of carboxylic acid groups (broad SMARTS) is 1. The molecule has 2 N–H and O–H groups in total. The van der Waals surface area contributed by atoms with Gasteiger partial charge in [-0.3, -0.25) is 9.10 Å². The number of carbonyl (C=O) groups is 2. The summed E-state index contributed by atoms with van der Waals surface area (Å²) < 4.78 is 25.5. The molecule has 0 aromatic heterocycles. The molecule has 0 radical (unpaired) electrons. The molecule has 1 fully saturated rings. The first-order valence-electron chi connectivity index (χ1n) is 8.45. The van der Waals surface area contributed by atoms with Crippen LogP contribution in [0, 0.1) is 13.8 Å². The molecule has 0 atom stereocenters. The van der Waals surface area contributed by atoms with Gasteiger partial charge in [0.1, 0.15) is 0 Å². The number of nitrogens with one attached hydrogen (secondary N) is 1. The summed E-state index contributed by atoms with van der Waals surface area (Å²) in [6, 6.07) is 9.40.